The van der Waals surface area contributed by atoms with Crippen LogP contribution in [0.4, 0.5) is 14.5 Å². The van der Waals surface area contributed by atoms with Crippen LogP contribution in [0.2, 0.25) is 0 Å². The lowest BCUT2D eigenvalue weighted by molar-refractivity contribution is -0.384. The molecule has 116 valence electrons. The summed E-state index contributed by atoms with van der Waals surface area (Å²) in [5, 5.41) is 13.9. The molecule has 0 radical (unpaired) electrons. The summed E-state index contributed by atoms with van der Waals surface area (Å²) in [4.78, 5) is 10.4. The number of hydrogen-bond donors (Lipinski definition) is 1. The lowest BCUT2D eigenvalue weighted by atomic mass is 10.0. The number of nitro groups is 1. The van der Waals surface area contributed by atoms with Gasteiger partial charge in [-0.3, -0.25) is 10.1 Å². The molecule has 0 aliphatic carbocycles. The van der Waals surface area contributed by atoms with Crippen LogP contribution in [0.5, 0.6) is 0 Å². The van der Waals surface area contributed by atoms with E-state index in [9.17, 15) is 18.9 Å². The van der Waals surface area contributed by atoms with Crippen LogP contribution in [-0.4, -0.2) is 4.92 Å². The van der Waals surface area contributed by atoms with Crippen molar-refractivity contribution < 1.29 is 13.7 Å². The van der Waals surface area contributed by atoms with E-state index in [1.54, 1.807) is 12.1 Å². The summed E-state index contributed by atoms with van der Waals surface area (Å²) in [7, 11) is 0. The van der Waals surface area contributed by atoms with E-state index in [0.29, 0.717) is 6.42 Å². The standard InChI is InChI=1S/C16H16F2N2O2/c1-2-16(11-4-3-5-14(9-11)20(21)22)19-10-12-8-13(17)6-7-15(12)18/h3-9,16,19H,2,10H2,1H3. The second-order valence-corrected chi connectivity index (χ2v) is 4.93. The van der Waals surface area contributed by atoms with Crippen LogP contribution in [0, 0.1) is 21.7 Å². The summed E-state index contributed by atoms with van der Waals surface area (Å²) in [5.41, 5.74) is 0.979. The van der Waals surface area contributed by atoms with Crippen molar-refractivity contribution in [1.82, 2.24) is 5.32 Å². The highest BCUT2D eigenvalue weighted by Gasteiger charge is 2.14. The summed E-state index contributed by atoms with van der Waals surface area (Å²) in [5.74, 6) is -0.982. The molecule has 1 N–H and O–H groups in total. The molecular formula is C16H16F2N2O2. The Kier molecular flexibility index (Phi) is 5.16. The van der Waals surface area contributed by atoms with Crippen molar-refractivity contribution in [2.45, 2.75) is 25.9 Å². The Morgan fingerprint density at radius 1 is 1.23 bits per heavy atom. The van der Waals surface area contributed by atoms with Gasteiger partial charge in [-0.15, -0.1) is 0 Å². The SMILES string of the molecule is CCC(NCc1cc(F)ccc1F)c1cccc([N+](=O)[O-])c1. The lowest BCUT2D eigenvalue weighted by Gasteiger charge is -2.17. The van der Waals surface area contributed by atoms with Crippen molar-refractivity contribution >= 4 is 5.69 Å². The van der Waals surface area contributed by atoms with E-state index in [0.717, 1.165) is 23.8 Å². The van der Waals surface area contributed by atoms with Crippen molar-refractivity contribution in [3.63, 3.8) is 0 Å². The summed E-state index contributed by atoms with van der Waals surface area (Å²) in [6.07, 6.45) is 0.665. The number of non-ortho nitro benzene ring substituents is 1. The van der Waals surface area contributed by atoms with Crippen molar-refractivity contribution in [3.05, 3.63) is 75.3 Å². The number of nitrogens with one attached hydrogen (secondary N) is 1. The van der Waals surface area contributed by atoms with Gasteiger partial charge in [0, 0.05) is 30.3 Å². The fraction of sp³-hybridized carbons (Fsp3) is 0.250. The lowest BCUT2D eigenvalue weighted by Crippen LogP contribution is -2.21. The first-order valence-corrected chi connectivity index (χ1v) is 6.93. The number of halogens is 2. The molecule has 0 saturated carbocycles. The summed E-state index contributed by atoms with van der Waals surface area (Å²) in [6.45, 7) is 2.06. The number of benzene rings is 2. The van der Waals surface area contributed by atoms with Gasteiger partial charge >= 0.3 is 0 Å². The molecule has 1 atom stereocenters. The third kappa shape index (κ3) is 3.85. The number of nitrogens with zero attached hydrogens (tertiary/aromatic N) is 1. The van der Waals surface area contributed by atoms with E-state index in [2.05, 4.69) is 5.32 Å². The van der Waals surface area contributed by atoms with Gasteiger partial charge in [0.25, 0.3) is 5.69 Å². The van der Waals surface area contributed by atoms with Crippen LogP contribution in [0.1, 0.15) is 30.5 Å². The summed E-state index contributed by atoms with van der Waals surface area (Å²) >= 11 is 0. The van der Waals surface area contributed by atoms with E-state index >= 15 is 0 Å². The zero-order chi connectivity index (χ0) is 16.1. The zero-order valence-electron chi connectivity index (χ0n) is 12.1. The molecule has 0 saturated heterocycles. The van der Waals surface area contributed by atoms with Crippen LogP contribution in [0.25, 0.3) is 0 Å². The Balaban J connectivity index is 2.14. The first kappa shape index (κ1) is 16.0. The van der Waals surface area contributed by atoms with Crippen molar-refractivity contribution in [1.29, 1.82) is 0 Å². The molecule has 6 heteroatoms. The van der Waals surface area contributed by atoms with E-state index < -0.39 is 16.6 Å². The maximum Gasteiger partial charge on any atom is 0.269 e. The average molecular weight is 306 g/mol. The Hall–Kier alpha value is -2.34. The molecule has 0 aliphatic heterocycles. The van der Waals surface area contributed by atoms with Crippen LogP contribution >= 0.6 is 0 Å². The number of nitro benzene ring substituents is 1. The van der Waals surface area contributed by atoms with Gasteiger partial charge in [0.1, 0.15) is 11.6 Å². The van der Waals surface area contributed by atoms with Crippen molar-refractivity contribution in [2.24, 2.45) is 0 Å². The normalized spacial score (nSPS) is 12.1. The van der Waals surface area contributed by atoms with Crippen LogP contribution in [0.3, 0.4) is 0 Å². The third-order valence-corrected chi connectivity index (χ3v) is 3.44. The second kappa shape index (κ2) is 7.09. The number of hydrogen-bond acceptors (Lipinski definition) is 3. The highest BCUT2D eigenvalue weighted by Crippen LogP contribution is 2.22. The molecule has 22 heavy (non-hydrogen) atoms. The molecule has 2 aromatic rings. The highest BCUT2D eigenvalue weighted by atomic mass is 19.1. The average Bonchev–Trinajstić information content (AvgIpc) is 2.51. The Morgan fingerprint density at radius 3 is 2.68 bits per heavy atom. The van der Waals surface area contributed by atoms with Gasteiger partial charge in [0.2, 0.25) is 0 Å². The van der Waals surface area contributed by atoms with Gasteiger partial charge in [0.05, 0.1) is 4.92 Å². The van der Waals surface area contributed by atoms with Crippen molar-refractivity contribution in [3.8, 4) is 0 Å². The van der Waals surface area contributed by atoms with Crippen LogP contribution in [0.15, 0.2) is 42.5 Å². The predicted octanol–water partition coefficient (Wildman–Crippen LogP) is 4.11. The largest absolute Gasteiger partial charge is 0.306 e. The monoisotopic (exact) mass is 306 g/mol. The molecule has 0 aliphatic rings. The molecule has 0 bridgehead atoms. The molecule has 0 aromatic heterocycles. The zero-order valence-corrected chi connectivity index (χ0v) is 12.1. The Labute approximate surface area is 126 Å². The molecule has 0 heterocycles. The molecule has 4 nitrogen and oxygen atoms in total. The van der Waals surface area contributed by atoms with Gasteiger partial charge in [-0.2, -0.15) is 0 Å². The Bertz CT molecular complexity index is 677. The quantitative estimate of drug-likeness (QED) is 0.645. The van der Waals surface area contributed by atoms with E-state index in [1.165, 1.54) is 12.1 Å². The third-order valence-electron chi connectivity index (χ3n) is 3.44. The summed E-state index contributed by atoms with van der Waals surface area (Å²) < 4.78 is 26.7. The first-order valence-electron chi connectivity index (χ1n) is 6.93. The molecular weight excluding hydrogens is 290 g/mol. The highest BCUT2D eigenvalue weighted by molar-refractivity contribution is 5.35. The van der Waals surface area contributed by atoms with E-state index in [1.807, 2.05) is 6.92 Å². The topological polar surface area (TPSA) is 55.2 Å². The fourth-order valence-electron chi connectivity index (χ4n) is 2.26. The predicted molar refractivity (Wildman–Crippen MR) is 79.3 cm³/mol. The smallest absolute Gasteiger partial charge is 0.269 e. The first-order chi connectivity index (χ1) is 10.5. The summed E-state index contributed by atoms with van der Waals surface area (Å²) in [6, 6.07) is 9.41. The molecule has 0 spiro atoms. The van der Waals surface area contributed by atoms with E-state index in [4.69, 9.17) is 0 Å². The minimum Gasteiger partial charge on any atom is -0.306 e. The fourth-order valence-corrected chi connectivity index (χ4v) is 2.26. The van der Waals surface area contributed by atoms with E-state index in [-0.39, 0.29) is 23.8 Å². The second-order valence-electron chi connectivity index (χ2n) is 4.93. The van der Waals surface area contributed by atoms with Crippen LogP contribution in [-0.2, 0) is 6.54 Å². The maximum atomic E-state index is 13.6. The molecule has 1 unspecified atom stereocenters. The van der Waals surface area contributed by atoms with Gasteiger partial charge in [-0.25, -0.2) is 8.78 Å². The number of rotatable bonds is 6. The molecule has 2 rings (SSSR count). The minimum absolute atomic E-state index is 0.00897. The van der Waals surface area contributed by atoms with Gasteiger partial charge < -0.3 is 5.32 Å². The van der Waals surface area contributed by atoms with Gasteiger partial charge in [-0.05, 0) is 30.2 Å². The Morgan fingerprint density at radius 2 is 2.00 bits per heavy atom. The van der Waals surface area contributed by atoms with Gasteiger partial charge in [-0.1, -0.05) is 19.1 Å². The molecule has 0 fully saturated rings. The molecule has 0 amide bonds. The van der Waals surface area contributed by atoms with Gasteiger partial charge in [0.15, 0.2) is 0 Å². The maximum absolute atomic E-state index is 13.6. The molecule has 2 aromatic carbocycles. The minimum atomic E-state index is -0.499. The van der Waals surface area contributed by atoms with Crippen LogP contribution < -0.4 is 5.32 Å². The van der Waals surface area contributed by atoms with Crippen molar-refractivity contribution in [2.75, 3.05) is 0 Å².